The Hall–Kier alpha value is -3.53. The smallest absolute Gasteiger partial charge is 0.248 e. The Morgan fingerprint density at radius 2 is 2.04 bits per heavy atom. The largest absolute Gasteiger partial charge is 0.366 e. The Morgan fingerprint density at radius 1 is 1.23 bits per heavy atom. The molecule has 6 nitrogen and oxygen atoms in total. The zero-order chi connectivity index (χ0) is 18.5. The third kappa shape index (κ3) is 3.75. The van der Waals surface area contributed by atoms with Crippen LogP contribution < -0.4 is 5.73 Å². The molecule has 0 radical (unpaired) electrons. The molecule has 3 aromatic rings. The topological polar surface area (TPSA) is 108 Å². The SMILES string of the molecule is N#Cc1cc(-c2n[nH]c(CCCc3ccccc3C(N)=O)n2)ccc1F. The van der Waals surface area contributed by atoms with E-state index < -0.39 is 11.7 Å². The van der Waals surface area contributed by atoms with Crippen LogP contribution in [-0.4, -0.2) is 21.1 Å². The fourth-order valence-electron chi connectivity index (χ4n) is 2.71. The molecule has 0 aliphatic heterocycles. The summed E-state index contributed by atoms with van der Waals surface area (Å²) in [6, 6.07) is 13.2. The van der Waals surface area contributed by atoms with Crippen molar-refractivity contribution in [3.05, 3.63) is 70.8 Å². The molecule has 0 aliphatic carbocycles. The van der Waals surface area contributed by atoms with E-state index in [-0.39, 0.29) is 5.56 Å². The number of carbonyl (C=O) groups is 1. The molecule has 0 unspecified atom stereocenters. The number of nitrogens with two attached hydrogens (primary N) is 1. The summed E-state index contributed by atoms with van der Waals surface area (Å²) in [7, 11) is 0. The van der Waals surface area contributed by atoms with Crippen molar-refractivity contribution >= 4 is 5.91 Å². The van der Waals surface area contributed by atoms with Crippen molar-refractivity contribution in [3.8, 4) is 17.5 Å². The van der Waals surface area contributed by atoms with Crippen molar-refractivity contribution in [2.24, 2.45) is 5.73 Å². The van der Waals surface area contributed by atoms with Gasteiger partial charge in [0.15, 0.2) is 5.82 Å². The number of aromatic amines is 1. The number of amides is 1. The number of aryl methyl sites for hydroxylation is 2. The van der Waals surface area contributed by atoms with Gasteiger partial charge in [0.05, 0.1) is 5.56 Å². The Labute approximate surface area is 149 Å². The summed E-state index contributed by atoms with van der Waals surface area (Å²) < 4.78 is 13.4. The van der Waals surface area contributed by atoms with Crippen LogP contribution >= 0.6 is 0 Å². The van der Waals surface area contributed by atoms with Gasteiger partial charge in [0.2, 0.25) is 5.91 Å². The predicted molar refractivity (Wildman–Crippen MR) is 93.5 cm³/mol. The maximum Gasteiger partial charge on any atom is 0.248 e. The van der Waals surface area contributed by atoms with E-state index in [4.69, 9.17) is 11.0 Å². The van der Waals surface area contributed by atoms with Crippen LogP contribution in [0.4, 0.5) is 4.39 Å². The molecule has 0 bridgehead atoms. The van der Waals surface area contributed by atoms with E-state index in [9.17, 15) is 9.18 Å². The first-order valence-corrected chi connectivity index (χ1v) is 8.07. The first-order valence-electron chi connectivity index (χ1n) is 8.07. The van der Waals surface area contributed by atoms with Gasteiger partial charge in [0.25, 0.3) is 0 Å². The van der Waals surface area contributed by atoms with Crippen molar-refractivity contribution < 1.29 is 9.18 Å². The molecule has 0 saturated heterocycles. The number of benzene rings is 2. The summed E-state index contributed by atoms with van der Waals surface area (Å²) in [5.41, 5.74) is 7.34. The summed E-state index contributed by atoms with van der Waals surface area (Å²) in [6.45, 7) is 0. The van der Waals surface area contributed by atoms with Gasteiger partial charge in [0.1, 0.15) is 17.7 Å². The molecule has 0 spiro atoms. The Balaban J connectivity index is 1.67. The molecule has 7 heteroatoms. The maximum atomic E-state index is 13.4. The zero-order valence-corrected chi connectivity index (χ0v) is 13.9. The minimum Gasteiger partial charge on any atom is -0.366 e. The molecular weight excluding hydrogens is 333 g/mol. The number of rotatable bonds is 6. The molecule has 0 fully saturated rings. The Morgan fingerprint density at radius 3 is 2.81 bits per heavy atom. The highest BCUT2D eigenvalue weighted by atomic mass is 19.1. The fraction of sp³-hybridized carbons (Fsp3) is 0.158. The van der Waals surface area contributed by atoms with Crippen molar-refractivity contribution in [1.29, 1.82) is 5.26 Å². The molecular formula is C19H16FN5O. The first kappa shape index (κ1) is 17.3. The molecule has 2 aromatic carbocycles. The van der Waals surface area contributed by atoms with E-state index in [0.29, 0.717) is 35.6 Å². The van der Waals surface area contributed by atoms with E-state index in [0.717, 1.165) is 12.0 Å². The lowest BCUT2D eigenvalue weighted by atomic mass is 10.0. The summed E-state index contributed by atoms with van der Waals surface area (Å²) in [5.74, 6) is 0.0840. The van der Waals surface area contributed by atoms with Crippen LogP contribution in [0.1, 0.15) is 33.7 Å². The average molecular weight is 349 g/mol. The second kappa shape index (κ2) is 7.57. The van der Waals surface area contributed by atoms with Gasteiger partial charge in [0, 0.05) is 17.5 Å². The standard InChI is InChI=1S/C19H16FN5O/c20-16-9-8-13(10-14(16)11-21)19-23-17(24-25-19)7-3-5-12-4-1-2-6-15(12)18(22)26/h1-2,4,6,8-10H,3,5,7H2,(H2,22,26)(H,23,24,25). The summed E-state index contributed by atoms with van der Waals surface area (Å²) in [4.78, 5) is 15.8. The predicted octanol–water partition coefficient (Wildman–Crippen LogP) is 2.76. The quantitative estimate of drug-likeness (QED) is 0.713. The maximum absolute atomic E-state index is 13.4. The van der Waals surface area contributed by atoms with Crippen molar-refractivity contribution in [2.45, 2.75) is 19.3 Å². The van der Waals surface area contributed by atoms with Gasteiger partial charge < -0.3 is 5.73 Å². The van der Waals surface area contributed by atoms with Gasteiger partial charge in [-0.05, 0) is 42.7 Å². The summed E-state index contributed by atoms with van der Waals surface area (Å²) >= 11 is 0. The minimum atomic E-state index is -0.569. The number of nitrogens with one attached hydrogen (secondary N) is 1. The third-order valence-corrected chi connectivity index (χ3v) is 4.02. The van der Waals surface area contributed by atoms with Gasteiger partial charge in [-0.15, -0.1) is 0 Å². The van der Waals surface area contributed by atoms with Gasteiger partial charge >= 0.3 is 0 Å². The highest BCUT2D eigenvalue weighted by Crippen LogP contribution is 2.19. The lowest BCUT2D eigenvalue weighted by molar-refractivity contribution is 0.0999. The number of primary amides is 1. The second-order valence-electron chi connectivity index (χ2n) is 5.79. The second-order valence-corrected chi connectivity index (χ2v) is 5.79. The van der Waals surface area contributed by atoms with E-state index in [1.54, 1.807) is 18.2 Å². The molecule has 26 heavy (non-hydrogen) atoms. The lowest BCUT2D eigenvalue weighted by Gasteiger charge is -2.05. The number of carbonyl (C=O) groups excluding carboxylic acids is 1. The molecule has 0 saturated carbocycles. The number of hydrogen-bond acceptors (Lipinski definition) is 4. The number of nitriles is 1. The van der Waals surface area contributed by atoms with Crippen molar-refractivity contribution in [2.75, 3.05) is 0 Å². The normalized spacial score (nSPS) is 10.5. The van der Waals surface area contributed by atoms with Crippen LogP contribution in [0.2, 0.25) is 0 Å². The van der Waals surface area contributed by atoms with Crippen molar-refractivity contribution in [1.82, 2.24) is 15.2 Å². The highest BCUT2D eigenvalue weighted by molar-refractivity contribution is 5.94. The fourth-order valence-corrected chi connectivity index (χ4v) is 2.71. The van der Waals surface area contributed by atoms with Crippen molar-refractivity contribution in [3.63, 3.8) is 0 Å². The van der Waals surface area contributed by atoms with Crippen LogP contribution in [0.25, 0.3) is 11.4 Å². The van der Waals surface area contributed by atoms with E-state index in [1.807, 2.05) is 12.1 Å². The molecule has 1 aromatic heterocycles. The van der Waals surface area contributed by atoms with Crippen LogP contribution in [0.15, 0.2) is 42.5 Å². The number of aromatic nitrogens is 3. The molecule has 0 atom stereocenters. The third-order valence-electron chi connectivity index (χ3n) is 4.02. The van der Waals surface area contributed by atoms with Crippen LogP contribution in [-0.2, 0) is 12.8 Å². The summed E-state index contributed by atoms with van der Waals surface area (Å²) in [6.07, 6.45) is 2.07. The average Bonchev–Trinajstić information content (AvgIpc) is 3.11. The van der Waals surface area contributed by atoms with Crippen LogP contribution in [0.5, 0.6) is 0 Å². The minimum absolute atomic E-state index is 0.0445. The van der Waals surface area contributed by atoms with Gasteiger partial charge in [-0.3, -0.25) is 9.89 Å². The summed E-state index contributed by atoms with van der Waals surface area (Å²) in [5, 5.41) is 15.9. The molecule has 130 valence electrons. The molecule has 3 N–H and O–H groups in total. The number of hydrogen-bond donors (Lipinski definition) is 2. The molecule has 1 amide bonds. The molecule has 0 aliphatic rings. The number of halogens is 1. The van der Waals surface area contributed by atoms with Crippen LogP contribution in [0, 0.1) is 17.1 Å². The van der Waals surface area contributed by atoms with Crippen LogP contribution in [0.3, 0.4) is 0 Å². The van der Waals surface area contributed by atoms with E-state index >= 15 is 0 Å². The van der Waals surface area contributed by atoms with E-state index in [2.05, 4.69) is 15.2 Å². The Bertz CT molecular complexity index is 990. The molecule has 1 heterocycles. The Kier molecular flexibility index (Phi) is 5.04. The zero-order valence-electron chi connectivity index (χ0n) is 13.9. The number of nitrogens with zero attached hydrogens (tertiary/aromatic N) is 3. The van der Waals surface area contributed by atoms with Gasteiger partial charge in [-0.1, -0.05) is 18.2 Å². The van der Waals surface area contributed by atoms with E-state index in [1.165, 1.54) is 18.2 Å². The lowest BCUT2D eigenvalue weighted by Crippen LogP contribution is -2.13. The van der Waals surface area contributed by atoms with Gasteiger partial charge in [-0.25, -0.2) is 9.37 Å². The number of H-pyrrole nitrogens is 1. The first-order chi connectivity index (χ1) is 12.6. The highest BCUT2D eigenvalue weighted by Gasteiger charge is 2.11. The monoisotopic (exact) mass is 349 g/mol. The van der Waals surface area contributed by atoms with Gasteiger partial charge in [-0.2, -0.15) is 10.4 Å². The molecule has 3 rings (SSSR count).